The number of nitrogens with zero attached hydrogens (tertiary/aromatic N) is 3. The van der Waals surface area contributed by atoms with Crippen LogP contribution >= 0.6 is 0 Å². The van der Waals surface area contributed by atoms with Gasteiger partial charge in [-0.05, 0) is 24.1 Å². The van der Waals surface area contributed by atoms with E-state index in [0.29, 0.717) is 32.4 Å². The smallest absolute Gasteiger partial charge is 0.222 e. The average Bonchev–Trinajstić information content (AvgIpc) is 3.24. The Kier molecular flexibility index (Phi) is 4.40. The standard InChI is InChI=1S/C19H22FN3O/c1-3-4-9-19(21-22-19)10-8-17(24)23-12-11-18(2,14-23)15-6-5-7-16(20)13-15/h1,5-7,13H,4,8-12,14H2,2H3. The van der Waals surface area contributed by atoms with E-state index in [1.54, 1.807) is 12.1 Å². The fourth-order valence-corrected chi connectivity index (χ4v) is 3.41. The molecule has 1 amide bonds. The van der Waals surface area contributed by atoms with E-state index in [1.807, 2.05) is 11.0 Å². The minimum absolute atomic E-state index is 0.118. The second-order valence-corrected chi connectivity index (χ2v) is 7.02. The van der Waals surface area contributed by atoms with Crippen LogP contribution in [0.1, 0.15) is 44.6 Å². The van der Waals surface area contributed by atoms with E-state index in [9.17, 15) is 9.18 Å². The van der Waals surface area contributed by atoms with Crippen LogP contribution in [0.3, 0.4) is 0 Å². The average molecular weight is 327 g/mol. The summed E-state index contributed by atoms with van der Waals surface area (Å²) in [5.41, 5.74) is 0.358. The SMILES string of the molecule is C#CCCC1(CCC(=O)N2CCC(C)(c3cccc(F)c3)C2)N=N1. The molecular weight excluding hydrogens is 305 g/mol. The summed E-state index contributed by atoms with van der Waals surface area (Å²) in [4.78, 5) is 14.4. The normalized spacial score (nSPS) is 24.0. The molecule has 1 aromatic carbocycles. The van der Waals surface area contributed by atoms with Crippen molar-refractivity contribution >= 4 is 5.91 Å². The lowest BCUT2D eigenvalue weighted by Gasteiger charge is -2.25. The zero-order valence-corrected chi connectivity index (χ0v) is 14.0. The van der Waals surface area contributed by atoms with Gasteiger partial charge in [0.1, 0.15) is 5.82 Å². The Hall–Kier alpha value is -2.22. The fourth-order valence-electron chi connectivity index (χ4n) is 3.41. The molecule has 1 aromatic rings. The van der Waals surface area contributed by atoms with Gasteiger partial charge in [0.2, 0.25) is 5.91 Å². The van der Waals surface area contributed by atoms with E-state index in [2.05, 4.69) is 23.1 Å². The lowest BCUT2D eigenvalue weighted by molar-refractivity contribution is -0.130. The molecule has 0 saturated carbocycles. The van der Waals surface area contributed by atoms with Crippen molar-refractivity contribution in [2.24, 2.45) is 10.2 Å². The summed E-state index contributed by atoms with van der Waals surface area (Å²) < 4.78 is 13.5. The van der Waals surface area contributed by atoms with Gasteiger partial charge in [0.15, 0.2) is 5.66 Å². The summed E-state index contributed by atoms with van der Waals surface area (Å²) in [6, 6.07) is 6.69. The molecule has 0 aliphatic carbocycles. The third-order valence-electron chi connectivity index (χ3n) is 5.14. The third-order valence-corrected chi connectivity index (χ3v) is 5.14. The number of halogens is 1. The van der Waals surface area contributed by atoms with Crippen molar-refractivity contribution in [1.82, 2.24) is 4.90 Å². The number of rotatable bonds is 6. The second-order valence-electron chi connectivity index (χ2n) is 7.02. The van der Waals surface area contributed by atoms with Crippen molar-refractivity contribution in [3.05, 3.63) is 35.6 Å². The largest absolute Gasteiger partial charge is 0.342 e. The van der Waals surface area contributed by atoms with Gasteiger partial charge in [0.25, 0.3) is 0 Å². The summed E-state index contributed by atoms with van der Waals surface area (Å²) in [6.45, 7) is 3.42. The molecule has 2 aliphatic heterocycles. The van der Waals surface area contributed by atoms with Gasteiger partial charge in [-0.15, -0.1) is 12.3 Å². The molecule has 4 nitrogen and oxygen atoms in total. The molecule has 2 aliphatic rings. The number of hydrogen-bond donors (Lipinski definition) is 0. The van der Waals surface area contributed by atoms with Crippen LogP contribution in [0.2, 0.25) is 0 Å². The van der Waals surface area contributed by atoms with Crippen LogP contribution in [-0.4, -0.2) is 29.6 Å². The van der Waals surface area contributed by atoms with E-state index in [0.717, 1.165) is 18.4 Å². The Morgan fingerprint density at radius 2 is 2.21 bits per heavy atom. The molecule has 0 aromatic heterocycles. The van der Waals surface area contributed by atoms with Gasteiger partial charge in [-0.1, -0.05) is 19.1 Å². The van der Waals surface area contributed by atoms with Gasteiger partial charge >= 0.3 is 0 Å². The van der Waals surface area contributed by atoms with Gasteiger partial charge < -0.3 is 4.90 Å². The predicted octanol–water partition coefficient (Wildman–Crippen LogP) is 3.67. The molecule has 126 valence electrons. The van der Waals surface area contributed by atoms with E-state index < -0.39 is 5.66 Å². The number of terminal acetylenes is 1. The number of carbonyl (C=O) groups excluding carboxylic acids is 1. The van der Waals surface area contributed by atoms with E-state index in [1.165, 1.54) is 6.07 Å². The van der Waals surface area contributed by atoms with Crippen molar-refractivity contribution in [2.75, 3.05) is 13.1 Å². The van der Waals surface area contributed by atoms with Crippen molar-refractivity contribution in [1.29, 1.82) is 0 Å². The summed E-state index contributed by atoms with van der Waals surface area (Å²) in [5, 5.41) is 8.15. The molecule has 1 unspecified atom stereocenters. The zero-order chi connectivity index (χ0) is 17.2. The van der Waals surface area contributed by atoms with Gasteiger partial charge in [-0.25, -0.2) is 4.39 Å². The van der Waals surface area contributed by atoms with Crippen LogP contribution in [0.5, 0.6) is 0 Å². The lowest BCUT2D eigenvalue weighted by atomic mass is 9.82. The summed E-state index contributed by atoms with van der Waals surface area (Å²) in [5.74, 6) is 2.48. The highest BCUT2D eigenvalue weighted by Crippen LogP contribution is 2.39. The Bertz CT molecular complexity index is 703. The topological polar surface area (TPSA) is 45.0 Å². The van der Waals surface area contributed by atoms with Crippen LogP contribution in [-0.2, 0) is 10.2 Å². The molecule has 0 spiro atoms. The first-order valence-corrected chi connectivity index (χ1v) is 8.38. The summed E-state index contributed by atoms with van der Waals surface area (Å²) in [6.07, 6.45) is 8.53. The van der Waals surface area contributed by atoms with Crippen LogP contribution < -0.4 is 0 Å². The molecular formula is C19H22FN3O. The monoisotopic (exact) mass is 327 g/mol. The van der Waals surface area contributed by atoms with Crippen molar-refractivity contribution < 1.29 is 9.18 Å². The maximum atomic E-state index is 13.5. The molecule has 3 rings (SSSR count). The number of hydrogen-bond acceptors (Lipinski definition) is 3. The minimum atomic E-state index is -0.409. The Balaban J connectivity index is 1.55. The van der Waals surface area contributed by atoms with Crippen LogP contribution in [0.25, 0.3) is 0 Å². The minimum Gasteiger partial charge on any atom is -0.342 e. The quantitative estimate of drug-likeness (QED) is 0.735. The number of likely N-dealkylation sites (tertiary alicyclic amines) is 1. The van der Waals surface area contributed by atoms with Crippen molar-refractivity contribution in [3.8, 4) is 12.3 Å². The highest BCUT2D eigenvalue weighted by molar-refractivity contribution is 5.77. The fraction of sp³-hybridized carbons (Fsp3) is 0.526. The maximum absolute atomic E-state index is 13.5. The van der Waals surface area contributed by atoms with Gasteiger partial charge in [-0.2, -0.15) is 10.2 Å². The number of carbonyl (C=O) groups is 1. The lowest BCUT2D eigenvalue weighted by Crippen LogP contribution is -2.33. The number of amides is 1. The Morgan fingerprint density at radius 1 is 1.42 bits per heavy atom. The molecule has 5 heteroatoms. The first kappa shape index (κ1) is 16.6. The maximum Gasteiger partial charge on any atom is 0.222 e. The highest BCUT2D eigenvalue weighted by Gasteiger charge is 2.41. The second kappa shape index (κ2) is 6.35. The van der Waals surface area contributed by atoms with E-state index >= 15 is 0 Å². The zero-order valence-electron chi connectivity index (χ0n) is 14.0. The molecule has 2 heterocycles. The van der Waals surface area contributed by atoms with Gasteiger partial charge in [0.05, 0.1) is 0 Å². The van der Waals surface area contributed by atoms with Gasteiger partial charge in [-0.3, -0.25) is 4.79 Å². The molecule has 0 bridgehead atoms. The Labute approximate surface area is 142 Å². The predicted molar refractivity (Wildman–Crippen MR) is 89.8 cm³/mol. The van der Waals surface area contributed by atoms with Crippen LogP contribution in [0.15, 0.2) is 34.5 Å². The molecule has 0 N–H and O–H groups in total. The van der Waals surface area contributed by atoms with E-state index in [4.69, 9.17) is 6.42 Å². The van der Waals surface area contributed by atoms with Crippen LogP contribution in [0, 0.1) is 18.2 Å². The van der Waals surface area contributed by atoms with E-state index in [-0.39, 0.29) is 17.1 Å². The highest BCUT2D eigenvalue weighted by atomic mass is 19.1. The molecule has 1 atom stereocenters. The van der Waals surface area contributed by atoms with Gasteiger partial charge in [0, 0.05) is 44.2 Å². The first-order chi connectivity index (χ1) is 11.5. The molecule has 1 saturated heterocycles. The summed E-state index contributed by atoms with van der Waals surface area (Å²) >= 11 is 0. The van der Waals surface area contributed by atoms with Crippen LogP contribution in [0.4, 0.5) is 4.39 Å². The molecule has 24 heavy (non-hydrogen) atoms. The number of benzene rings is 1. The Morgan fingerprint density at radius 3 is 2.88 bits per heavy atom. The van der Waals surface area contributed by atoms with Crippen molar-refractivity contribution in [2.45, 2.75) is 50.1 Å². The third kappa shape index (κ3) is 3.48. The van der Waals surface area contributed by atoms with Crippen molar-refractivity contribution in [3.63, 3.8) is 0 Å². The first-order valence-electron chi connectivity index (χ1n) is 8.38. The summed E-state index contributed by atoms with van der Waals surface area (Å²) in [7, 11) is 0. The molecule has 1 fully saturated rings. The molecule has 0 radical (unpaired) electrons.